The summed E-state index contributed by atoms with van der Waals surface area (Å²) in [5.41, 5.74) is 0.320. The van der Waals surface area contributed by atoms with Gasteiger partial charge in [-0.25, -0.2) is 19.2 Å². The van der Waals surface area contributed by atoms with Crippen molar-refractivity contribution in [1.82, 2.24) is 20.3 Å². The zero-order valence-electron chi connectivity index (χ0n) is 17.9. The largest absolute Gasteiger partial charge is 0.442 e. The van der Waals surface area contributed by atoms with E-state index in [9.17, 15) is 14.0 Å². The molecule has 0 aliphatic carbocycles. The molecule has 0 radical (unpaired) electrons. The van der Waals surface area contributed by atoms with Crippen molar-refractivity contribution < 1.29 is 18.7 Å². The number of cyclic esters (lactones) is 1. The minimum Gasteiger partial charge on any atom is -0.442 e. The Morgan fingerprint density at radius 2 is 2.00 bits per heavy atom. The molecule has 0 aromatic carbocycles. The molecule has 1 atom stereocenters. The van der Waals surface area contributed by atoms with Crippen LogP contribution < -0.4 is 25.3 Å². The minimum absolute atomic E-state index is 0.206. The number of rotatable bonds is 6. The van der Waals surface area contributed by atoms with Crippen LogP contribution in [0.2, 0.25) is 0 Å². The van der Waals surface area contributed by atoms with Gasteiger partial charge in [0.1, 0.15) is 11.9 Å². The van der Waals surface area contributed by atoms with E-state index in [-0.39, 0.29) is 24.8 Å². The second-order valence-corrected chi connectivity index (χ2v) is 7.51. The Labute approximate surface area is 184 Å². The van der Waals surface area contributed by atoms with Crippen molar-refractivity contribution in [2.45, 2.75) is 13.0 Å². The minimum atomic E-state index is -0.589. The third-order valence-corrected chi connectivity index (χ3v) is 5.34. The number of piperazine rings is 1. The van der Waals surface area contributed by atoms with Crippen LogP contribution in [0.5, 0.6) is 0 Å². The Hall–Kier alpha value is -3.70. The molecule has 2 amide bonds. The lowest BCUT2D eigenvalue weighted by molar-refractivity contribution is -0.119. The fourth-order valence-electron chi connectivity index (χ4n) is 3.69. The number of amides is 2. The number of halogens is 1. The average molecular weight is 444 g/mol. The predicted molar refractivity (Wildman–Crippen MR) is 116 cm³/mol. The first-order valence-electron chi connectivity index (χ1n) is 10.3. The van der Waals surface area contributed by atoms with Gasteiger partial charge in [0.05, 0.1) is 25.0 Å². The van der Waals surface area contributed by atoms with Gasteiger partial charge in [-0.05, 0) is 6.07 Å². The molecule has 0 spiro atoms. The predicted octanol–water partition coefficient (Wildman–Crippen LogP) is 0.840. The van der Waals surface area contributed by atoms with Crippen LogP contribution in [0.15, 0.2) is 24.5 Å². The summed E-state index contributed by atoms with van der Waals surface area (Å²) in [6.07, 6.45) is 2.09. The van der Waals surface area contributed by atoms with E-state index in [4.69, 9.17) is 4.74 Å². The van der Waals surface area contributed by atoms with Crippen LogP contribution in [-0.4, -0.2) is 79.4 Å². The van der Waals surface area contributed by atoms with E-state index in [2.05, 4.69) is 30.5 Å². The van der Waals surface area contributed by atoms with E-state index in [1.54, 1.807) is 13.2 Å². The van der Waals surface area contributed by atoms with Crippen molar-refractivity contribution in [3.8, 4) is 0 Å². The molecule has 12 heteroatoms. The van der Waals surface area contributed by atoms with E-state index < -0.39 is 18.0 Å². The highest BCUT2D eigenvalue weighted by atomic mass is 19.1. The maximum atomic E-state index is 14.9. The summed E-state index contributed by atoms with van der Waals surface area (Å²) in [5, 5.41) is 5.53. The highest BCUT2D eigenvalue weighted by Gasteiger charge is 2.33. The maximum Gasteiger partial charge on any atom is 0.414 e. The number of hydrogen-bond donors (Lipinski definition) is 2. The highest BCUT2D eigenvalue weighted by molar-refractivity contribution is 5.89. The summed E-state index contributed by atoms with van der Waals surface area (Å²) in [5.74, 6) is 0.892. The molecule has 0 bridgehead atoms. The number of aromatic nitrogens is 3. The molecule has 170 valence electrons. The topological polar surface area (TPSA) is 116 Å². The third kappa shape index (κ3) is 4.63. The monoisotopic (exact) mass is 444 g/mol. The zero-order valence-corrected chi connectivity index (χ0v) is 17.9. The molecule has 2 fully saturated rings. The van der Waals surface area contributed by atoms with Gasteiger partial charge in [0.2, 0.25) is 11.9 Å². The molecule has 2 aliphatic heterocycles. The van der Waals surface area contributed by atoms with Gasteiger partial charge in [0.25, 0.3) is 0 Å². The van der Waals surface area contributed by atoms with E-state index >= 15 is 0 Å². The lowest BCUT2D eigenvalue weighted by Gasteiger charge is -2.36. The molecule has 4 rings (SSSR count). The van der Waals surface area contributed by atoms with Crippen molar-refractivity contribution >= 4 is 35.3 Å². The molecule has 2 aromatic heterocycles. The zero-order chi connectivity index (χ0) is 22.7. The fraction of sp³-hybridized carbons (Fsp3) is 0.450. The molecule has 2 aromatic rings. The number of pyridine rings is 1. The number of anilines is 4. The van der Waals surface area contributed by atoms with Gasteiger partial charge in [-0.1, -0.05) is 0 Å². The Morgan fingerprint density at radius 1 is 1.25 bits per heavy atom. The lowest BCUT2D eigenvalue weighted by atomic mass is 10.2. The molecular weight excluding hydrogens is 419 g/mol. The first kappa shape index (κ1) is 21.5. The van der Waals surface area contributed by atoms with Gasteiger partial charge in [-0.2, -0.15) is 4.98 Å². The average Bonchev–Trinajstić information content (AvgIpc) is 3.18. The van der Waals surface area contributed by atoms with Crippen molar-refractivity contribution in [1.29, 1.82) is 0 Å². The van der Waals surface area contributed by atoms with E-state index in [0.717, 1.165) is 5.82 Å². The van der Waals surface area contributed by atoms with Gasteiger partial charge in [-0.3, -0.25) is 9.69 Å². The summed E-state index contributed by atoms with van der Waals surface area (Å²) < 4.78 is 20.1. The Kier molecular flexibility index (Phi) is 6.19. The third-order valence-electron chi connectivity index (χ3n) is 5.34. The molecule has 2 aliphatic rings. The second kappa shape index (κ2) is 9.20. The van der Waals surface area contributed by atoms with Gasteiger partial charge >= 0.3 is 6.09 Å². The van der Waals surface area contributed by atoms with Crippen LogP contribution >= 0.6 is 0 Å². The molecule has 0 saturated carbocycles. The summed E-state index contributed by atoms with van der Waals surface area (Å²) in [6.45, 7) is 4.28. The molecule has 2 saturated heterocycles. The number of nitrogens with zero attached hydrogens (tertiary/aromatic N) is 6. The van der Waals surface area contributed by atoms with Gasteiger partial charge in [-0.15, -0.1) is 0 Å². The quantitative estimate of drug-likeness (QED) is 0.669. The lowest BCUT2D eigenvalue weighted by Crippen LogP contribution is -2.47. The highest BCUT2D eigenvalue weighted by Crippen LogP contribution is 2.27. The van der Waals surface area contributed by atoms with E-state index in [0.29, 0.717) is 37.8 Å². The number of ether oxygens (including phenoxy) is 1. The number of nitrogens with one attached hydrogen (secondary N) is 2. The molecule has 2 N–H and O–H groups in total. The standard InChI is InChI=1S/C20H25FN8O3/c1-13(30)24-11-15-12-29(20(31)32-15)14-9-16(21)18(25-10-14)28-7-5-27(6-8-28)17-3-4-23-19(22-2)26-17/h3-4,9-10,15H,5-8,11-12H2,1-2H3,(H,24,30)(H,22,23,26)/t15-/m0/s1. The summed E-state index contributed by atoms with van der Waals surface area (Å²) in [7, 11) is 1.76. The smallest absolute Gasteiger partial charge is 0.414 e. The fourth-order valence-corrected chi connectivity index (χ4v) is 3.69. The number of hydrogen-bond acceptors (Lipinski definition) is 9. The second-order valence-electron chi connectivity index (χ2n) is 7.51. The Bertz CT molecular complexity index is 999. The van der Waals surface area contributed by atoms with Crippen LogP contribution in [0.25, 0.3) is 0 Å². The van der Waals surface area contributed by atoms with Crippen LogP contribution in [0.4, 0.5) is 32.5 Å². The first-order valence-corrected chi connectivity index (χ1v) is 10.3. The SMILES string of the molecule is CNc1nccc(N2CCN(c3ncc(N4C[C@H](CNC(C)=O)OC4=O)cc3F)CC2)n1. The molecule has 11 nitrogen and oxygen atoms in total. The van der Waals surface area contributed by atoms with Crippen LogP contribution in [0.3, 0.4) is 0 Å². The van der Waals surface area contributed by atoms with E-state index in [1.807, 2.05) is 11.0 Å². The first-order chi connectivity index (χ1) is 15.4. The van der Waals surface area contributed by atoms with E-state index in [1.165, 1.54) is 24.1 Å². The van der Waals surface area contributed by atoms with Crippen molar-refractivity contribution in [3.05, 3.63) is 30.3 Å². The summed E-state index contributed by atoms with van der Waals surface area (Å²) >= 11 is 0. The normalized spacial score (nSPS) is 18.5. The van der Waals surface area contributed by atoms with Gasteiger partial charge < -0.3 is 25.2 Å². The molecular formula is C20H25FN8O3. The summed E-state index contributed by atoms with van der Waals surface area (Å²) in [4.78, 5) is 41.4. The van der Waals surface area contributed by atoms with Crippen LogP contribution in [-0.2, 0) is 9.53 Å². The van der Waals surface area contributed by atoms with Crippen LogP contribution in [0, 0.1) is 5.82 Å². The maximum absolute atomic E-state index is 14.9. The number of carbonyl (C=O) groups is 2. The summed E-state index contributed by atoms with van der Waals surface area (Å²) in [6, 6.07) is 3.14. The van der Waals surface area contributed by atoms with Crippen LogP contribution in [0.1, 0.15) is 6.92 Å². The van der Waals surface area contributed by atoms with Gasteiger partial charge in [0.15, 0.2) is 11.6 Å². The van der Waals surface area contributed by atoms with Crippen molar-refractivity contribution in [2.75, 3.05) is 66.3 Å². The molecule has 0 unspecified atom stereocenters. The van der Waals surface area contributed by atoms with Crippen molar-refractivity contribution in [2.24, 2.45) is 0 Å². The molecule has 32 heavy (non-hydrogen) atoms. The van der Waals surface area contributed by atoms with Crippen molar-refractivity contribution in [3.63, 3.8) is 0 Å². The Morgan fingerprint density at radius 3 is 2.69 bits per heavy atom. The number of carbonyl (C=O) groups excluding carboxylic acids is 2. The Balaban J connectivity index is 1.39. The molecule has 4 heterocycles. The van der Waals surface area contributed by atoms with Gasteiger partial charge in [0, 0.05) is 52.4 Å².